The molecule has 0 bridgehead atoms. The predicted molar refractivity (Wildman–Crippen MR) is 94.4 cm³/mol. The van der Waals surface area contributed by atoms with Gasteiger partial charge in [0.1, 0.15) is 0 Å². The van der Waals surface area contributed by atoms with E-state index in [1.54, 1.807) is 18.2 Å². The number of rotatable bonds is 5. The Kier molecular flexibility index (Phi) is 6.49. The number of carbonyl (C=O) groups is 2. The number of nitrogens with zero attached hydrogens (tertiary/aromatic N) is 1. The largest absolute Gasteiger partial charge is 0.481 e. The van der Waals surface area contributed by atoms with Crippen molar-refractivity contribution in [3.05, 3.63) is 33.8 Å². The fourth-order valence-electron chi connectivity index (χ4n) is 3.19. The van der Waals surface area contributed by atoms with Crippen molar-refractivity contribution in [2.24, 2.45) is 11.8 Å². The maximum Gasteiger partial charge on any atom is 0.307 e. The highest BCUT2D eigenvalue weighted by atomic mass is 35.5. The summed E-state index contributed by atoms with van der Waals surface area (Å²) in [6.45, 7) is 5.18. The van der Waals surface area contributed by atoms with Crippen LogP contribution in [0.2, 0.25) is 10.0 Å². The number of piperidine rings is 1. The fraction of sp³-hybridized carbons (Fsp3) is 0.529. The second-order valence-corrected chi connectivity index (χ2v) is 7.37. The maximum atomic E-state index is 12.3. The predicted octanol–water partition coefficient (Wildman–Crippen LogP) is 3.21. The third-order valence-corrected chi connectivity index (χ3v) is 4.82. The topological polar surface area (TPSA) is 69.6 Å². The molecular formula is C17H22Cl2N2O3. The van der Waals surface area contributed by atoms with Gasteiger partial charge in [0, 0.05) is 23.1 Å². The van der Waals surface area contributed by atoms with Crippen molar-refractivity contribution in [1.29, 1.82) is 0 Å². The number of halogens is 2. The summed E-state index contributed by atoms with van der Waals surface area (Å²) < 4.78 is 0. The van der Waals surface area contributed by atoms with Crippen LogP contribution < -0.4 is 5.32 Å². The van der Waals surface area contributed by atoms with E-state index in [9.17, 15) is 14.7 Å². The first-order valence-corrected chi connectivity index (χ1v) is 8.71. The molecule has 1 heterocycles. The molecule has 132 valence electrons. The van der Waals surface area contributed by atoms with Crippen molar-refractivity contribution < 1.29 is 14.7 Å². The zero-order chi connectivity index (χ0) is 17.9. The Hall–Kier alpha value is -1.30. The molecule has 0 aromatic heterocycles. The SMILES string of the molecule is CC1CC(C(=O)O)CN(CC(=O)NC(C)c2ccc(Cl)cc2Cl)C1. The van der Waals surface area contributed by atoms with E-state index < -0.39 is 11.9 Å². The fourth-order valence-corrected chi connectivity index (χ4v) is 3.76. The van der Waals surface area contributed by atoms with E-state index in [1.165, 1.54) is 0 Å². The summed E-state index contributed by atoms with van der Waals surface area (Å²) in [4.78, 5) is 25.4. The van der Waals surface area contributed by atoms with Gasteiger partial charge in [-0.2, -0.15) is 0 Å². The van der Waals surface area contributed by atoms with E-state index in [0.29, 0.717) is 23.0 Å². The summed E-state index contributed by atoms with van der Waals surface area (Å²) >= 11 is 12.0. The van der Waals surface area contributed by atoms with Gasteiger partial charge in [-0.25, -0.2) is 0 Å². The number of carboxylic acid groups (broad SMARTS) is 1. The van der Waals surface area contributed by atoms with Crippen molar-refractivity contribution >= 4 is 35.1 Å². The van der Waals surface area contributed by atoms with Gasteiger partial charge in [0.15, 0.2) is 0 Å². The molecule has 1 aromatic rings. The van der Waals surface area contributed by atoms with Crippen LogP contribution in [0.15, 0.2) is 18.2 Å². The summed E-state index contributed by atoms with van der Waals surface area (Å²) in [5.74, 6) is -1.10. The first-order chi connectivity index (χ1) is 11.3. The molecule has 0 spiro atoms. The Bertz CT molecular complexity index is 624. The molecule has 0 saturated carbocycles. The van der Waals surface area contributed by atoms with Gasteiger partial charge in [0.05, 0.1) is 18.5 Å². The van der Waals surface area contributed by atoms with Gasteiger partial charge in [-0.05, 0) is 37.0 Å². The van der Waals surface area contributed by atoms with Crippen molar-refractivity contribution in [3.8, 4) is 0 Å². The number of carbonyl (C=O) groups excluding carboxylic acids is 1. The van der Waals surface area contributed by atoms with Crippen molar-refractivity contribution in [1.82, 2.24) is 10.2 Å². The first-order valence-electron chi connectivity index (χ1n) is 7.95. The van der Waals surface area contributed by atoms with Crippen LogP contribution in [-0.2, 0) is 9.59 Å². The van der Waals surface area contributed by atoms with Crippen molar-refractivity contribution in [3.63, 3.8) is 0 Å². The lowest BCUT2D eigenvalue weighted by Gasteiger charge is -2.34. The van der Waals surface area contributed by atoms with Crippen LogP contribution in [0.4, 0.5) is 0 Å². The molecule has 3 atom stereocenters. The molecule has 1 fully saturated rings. The van der Waals surface area contributed by atoms with Gasteiger partial charge < -0.3 is 10.4 Å². The van der Waals surface area contributed by atoms with Crippen LogP contribution >= 0.6 is 23.2 Å². The van der Waals surface area contributed by atoms with Gasteiger partial charge in [-0.15, -0.1) is 0 Å². The second-order valence-electron chi connectivity index (χ2n) is 6.53. The lowest BCUT2D eigenvalue weighted by Crippen LogP contribution is -2.47. The molecule has 0 radical (unpaired) electrons. The zero-order valence-electron chi connectivity index (χ0n) is 13.8. The van der Waals surface area contributed by atoms with Crippen LogP contribution in [0.25, 0.3) is 0 Å². The van der Waals surface area contributed by atoms with Crippen LogP contribution in [0, 0.1) is 11.8 Å². The molecule has 7 heteroatoms. The molecule has 1 aliphatic heterocycles. The number of carboxylic acids is 1. The van der Waals surface area contributed by atoms with Gasteiger partial charge in [-0.1, -0.05) is 36.2 Å². The van der Waals surface area contributed by atoms with Gasteiger partial charge in [0.2, 0.25) is 5.91 Å². The summed E-state index contributed by atoms with van der Waals surface area (Å²) in [6, 6.07) is 4.92. The highest BCUT2D eigenvalue weighted by Crippen LogP contribution is 2.26. The average molecular weight is 373 g/mol. The van der Waals surface area contributed by atoms with E-state index in [2.05, 4.69) is 5.32 Å². The number of aliphatic carboxylic acids is 1. The molecule has 2 rings (SSSR count). The lowest BCUT2D eigenvalue weighted by molar-refractivity contribution is -0.145. The van der Waals surface area contributed by atoms with Gasteiger partial charge in [0.25, 0.3) is 0 Å². The maximum absolute atomic E-state index is 12.3. The molecule has 24 heavy (non-hydrogen) atoms. The normalized spacial score (nSPS) is 22.8. The summed E-state index contributed by atoms with van der Waals surface area (Å²) in [5.41, 5.74) is 0.796. The van der Waals surface area contributed by atoms with E-state index >= 15 is 0 Å². The Labute approximate surface area is 151 Å². The Balaban J connectivity index is 1.93. The standard InChI is InChI=1S/C17H22Cl2N2O3/c1-10-5-12(17(23)24)8-21(7-10)9-16(22)20-11(2)14-4-3-13(18)6-15(14)19/h3-4,6,10-12H,5,7-9H2,1-2H3,(H,20,22)(H,23,24). The molecule has 5 nitrogen and oxygen atoms in total. The monoisotopic (exact) mass is 372 g/mol. The number of amides is 1. The highest BCUT2D eigenvalue weighted by molar-refractivity contribution is 6.35. The number of benzene rings is 1. The van der Waals surface area contributed by atoms with Crippen LogP contribution in [-0.4, -0.2) is 41.5 Å². The second kappa shape index (κ2) is 8.19. The molecule has 1 amide bonds. The van der Waals surface area contributed by atoms with E-state index in [-0.39, 0.29) is 24.4 Å². The number of hydrogen-bond acceptors (Lipinski definition) is 3. The molecule has 1 saturated heterocycles. The van der Waals surface area contributed by atoms with Gasteiger partial charge in [-0.3, -0.25) is 14.5 Å². The van der Waals surface area contributed by atoms with Crippen LogP contribution in [0.5, 0.6) is 0 Å². The van der Waals surface area contributed by atoms with Crippen molar-refractivity contribution in [2.75, 3.05) is 19.6 Å². The smallest absolute Gasteiger partial charge is 0.307 e. The third kappa shape index (κ3) is 5.10. The zero-order valence-corrected chi connectivity index (χ0v) is 15.3. The summed E-state index contributed by atoms with van der Waals surface area (Å²) in [6.07, 6.45) is 0.657. The van der Waals surface area contributed by atoms with Crippen molar-refractivity contribution in [2.45, 2.75) is 26.3 Å². The number of hydrogen-bond donors (Lipinski definition) is 2. The minimum absolute atomic E-state index is 0.147. The van der Waals surface area contributed by atoms with Crippen LogP contribution in [0.3, 0.4) is 0 Å². The summed E-state index contributed by atoms with van der Waals surface area (Å²) in [5, 5.41) is 13.2. The Morgan fingerprint density at radius 3 is 2.71 bits per heavy atom. The number of likely N-dealkylation sites (tertiary alicyclic amines) is 1. The highest BCUT2D eigenvalue weighted by Gasteiger charge is 2.30. The Morgan fingerprint density at radius 1 is 1.38 bits per heavy atom. The first kappa shape index (κ1) is 19.0. The molecule has 1 aliphatic rings. The van der Waals surface area contributed by atoms with E-state index in [0.717, 1.165) is 12.1 Å². The third-order valence-electron chi connectivity index (χ3n) is 4.26. The molecule has 2 N–H and O–H groups in total. The van der Waals surface area contributed by atoms with E-state index in [1.807, 2.05) is 18.7 Å². The molecular weight excluding hydrogens is 351 g/mol. The minimum Gasteiger partial charge on any atom is -0.481 e. The van der Waals surface area contributed by atoms with E-state index in [4.69, 9.17) is 23.2 Å². The average Bonchev–Trinajstić information content (AvgIpc) is 2.45. The quantitative estimate of drug-likeness (QED) is 0.832. The minimum atomic E-state index is -0.798. The molecule has 1 aromatic carbocycles. The molecule has 0 aliphatic carbocycles. The Morgan fingerprint density at radius 2 is 2.08 bits per heavy atom. The lowest BCUT2D eigenvalue weighted by atomic mass is 9.90. The molecule has 3 unspecified atom stereocenters. The summed E-state index contributed by atoms with van der Waals surface area (Å²) in [7, 11) is 0. The van der Waals surface area contributed by atoms with Gasteiger partial charge >= 0.3 is 5.97 Å². The number of nitrogens with one attached hydrogen (secondary N) is 1. The van der Waals surface area contributed by atoms with Crippen LogP contribution in [0.1, 0.15) is 31.9 Å².